The molecule has 6 nitrogen and oxygen atoms in total. The highest BCUT2D eigenvalue weighted by atomic mass is 16.5. The summed E-state index contributed by atoms with van der Waals surface area (Å²) in [5.41, 5.74) is 0.605. The SMILES string of the molecule is CCC1CCC(c2nc(-c3ccc(OC)nn3)no2)CC1. The van der Waals surface area contributed by atoms with Crippen LogP contribution in [0.3, 0.4) is 0 Å². The summed E-state index contributed by atoms with van der Waals surface area (Å²) >= 11 is 0. The Morgan fingerprint density at radius 1 is 1.19 bits per heavy atom. The molecule has 2 aromatic heterocycles. The molecule has 21 heavy (non-hydrogen) atoms. The van der Waals surface area contributed by atoms with Gasteiger partial charge in [-0.3, -0.25) is 0 Å². The van der Waals surface area contributed by atoms with Crippen molar-refractivity contribution in [3.05, 3.63) is 18.0 Å². The summed E-state index contributed by atoms with van der Waals surface area (Å²) in [6.07, 6.45) is 6.04. The van der Waals surface area contributed by atoms with Gasteiger partial charge in [-0.05, 0) is 37.7 Å². The summed E-state index contributed by atoms with van der Waals surface area (Å²) in [5.74, 6) is 2.95. The minimum Gasteiger partial charge on any atom is -0.480 e. The molecular formula is C15H20N4O2. The molecule has 0 unspecified atom stereocenters. The summed E-state index contributed by atoms with van der Waals surface area (Å²) in [5, 5.41) is 12.0. The van der Waals surface area contributed by atoms with E-state index in [-0.39, 0.29) is 0 Å². The van der Waals surface area contributed by atoms with Crippen molar-refractivity contribution < 1.29 is 9.26 Å². The smallest absolute Gasteiger partial charge is 0.233 e. The van der Waals surface area contributed by atoms with Crippen LogP contribution < -0.4 is 4.74 Å². The zero-order valence-corrected chi connectivity index (χ0v) is 12.5. The van der Waals surface area contributed by atoms with Crippen molar-refractivity contribution in [2.24, 2.45) is 5.92 Å². The molecule has 0 N–H and O–H groups in total. The number of aromatic nitrogens is 4. The Labute approximate surface area is 123 Å². The molecule has 0 saturated heterocycles. The third kappa shape index (κ3) is 3.04. The van der Waals surface area contributed by atoms with Crippen LogP contribution in [0.2, 0.25) is 0 Å². The number of ether oxygens (including phenoxy) is 1. The molecular weight excluding hydrogens is 268 g/mol. The molecule has 112 valence electrons. The molecule has 1 aliphatic rings. The second-order valence-electron chi connectivity index (χ2n) is 5.54. The fourth-order valence-electron chi connectivity index (χ4n) is 2.87. The van der Waals surface area contributed by atoms with Gasteiger partial charge in [0.1, 0.15) is 5.69 Å². The molecule has 2 heterocycles. The maximum Gasteiger partial charge on any atom is 0.233 e. The van der Waals surface area contributed by atoms with Gasteiger partial charge in [-0.2, -0.15) is 4.98 Å². The monoisotopic (exact) mass is 288 g/mol. The van der Waals surface area contributed by atoms with Gasteiger partial charge >= 0.3 is 0 Å². The highest BCUT2D eigenvalue weighted by Crippen LogP contribution is 2.36. The fraction of sp³-hybridized carbons (Fsp3) is 0.600. The van der Waals surface area contributed by atoms with Crippen LogP contribution in [0.1, 0.15) is 50.8 Å². The molecule has 0 aliphatic heterocycles. The van der Waals surface area contributed by atoms with Crippen molar-refractivity contribution in [1.82, 2.24) is 20.3 Å². The van der Waals surface area contributed by atoms with Crippen LogP contribution in [0.15, 0.2) is 16.7 Å². The first-order valence-corrected chi connectivity index (χ1v) is 7.51. The lowest BCUT2D eigenvalue weighted by Crippen LogP contribution is -2.12. The van der Waals surface area contributed by atoms with Gasteiger partial charge in [-0.15, -0.1) is 10.2 Å². The number of nitrogens with zero attached hydrogens (tertiary/aromatic N) is 4. The summed E-state index contributed by atoms with van der Waals surface area (Å²) in [7, 11) is 1.56. The Morgan fingerprint density at radius 3 is 2.62 bits per heavy atom. The molecule has 0 spiro atoms. The van der Waals surface area contributed by atoms with Crippen molar-refractivity contribution in [2.75, 3.05) is 7.11 Å². The van der Waals surface area contributed by atoms with Gasteiger partial charge in [0.25, 0.3) is 0 Å². The minimum absolute atomic E-state index is 0.389. The van der Waals surface area contributed by atoms with Crippen molar-refractivity contribution >= 4 is 0 Å². The van der Waals surface area contributed by atoms with Gasteiger partial charge in [-0.25, -0.2) is 0 Å². The molecule has 6 heteroatoms. The fourth-order valence-corrected chi connectivity index (χ4v) is 2.87. The van der Waals surface area contributed by atoms with E-state index in [0.717, 1.165) is 24.7 Å². The topological polar surface area (TPSA) is 73.9 Å². The van der Waals surface area contributed by atoms with Crippen LogP contribution >= 0.6 is 0 Å². The van der Waals surface area contributed by atoms with E-state index in [2.05, 4.69) is 27.3 Å². The van der Waals surface area contributed by atoms with E-state index in [1.54, 1.807) is 19.2 Å². The molecule has 0 bridgehead atoms. The molecule has 0 atom stereocenters. The molecule has 1 saturated carbocycles. The van der Waals surface area contributed by atoms with E-state index in [4.69, 9.17) is 9.26 Å². The molecule has 0 radical (unpaired) electrons. The van der Waals surface area contributed by atoms with Crippen LogP contribution in [-0.4, -0.2) is 27.4 Å². The normalized spacial score (nSPS) is 22.2. The van der Waals surface area contributed by atoms with Crippen molar-refractivity contribution in [3.63, 3.8) is 0 Å². The third-order valence-corrected chi connectivity index (χ3v) is 4.29. The summed E-state index contributed by atoms with van der Waals surface area (Å²) in [4.78, 5) is 4.49. The lowest BCUT2D eigenvalue weighted by atomic mass is 9.81. The van der Waals surface area contributed by atoms with Crippen LogP contribution in [-0.2, 0) is 0 Å². The Bertz CT molecular complexity index is 574. The summed E-state index contributed by atoms with van der Waals surface area (Å²) < 4.78 is 10.4. The van der Waals surface area contributed by atoms with Gasteiger partial charge in [0.05, 0.1) is 7.11 Å². The van der Waals surface area contributed by atoms with E-state index in [0.29, 0.717) is 23.3 Å². The lowest BCUT2D eigenvalue weighted by Gasteiger charge is -2.25. The number of methoxy groups -OCH3 is 1. The van der Waals surface area contributed by atoms with Crippen LogP contribution in [0, 0.1) is 5.92 Å². The van der Waals surface area contributed by atoms with Gasteiger partial charge < -0.3 is 9.26 Å². The second-order valence-corrected chi connectivity index (χ2v) is 5.54. The number of rotatable bonds is 4. The zero-order chi connectivity index (χ0) is 14.7. The van der Waals surface area contributed by atoms with Gasteiger partial charge in [0.2, 0.25) is 17.6 Å². The highest BCUT2D eigenvalue weighted by Gasteiger charge is 2.26. The summed E-state index contributed by atoms with van der Waals surface area (Å²) in [6, 6.07) is 3.53. The van der Waals surface area contributed by atoms with E-state index in [1.165, 1.54) is 19.3 Å². The molecule has 1 fully saturated rings. The first-order valence-electron chi connectivity index (χ1n) is 7.51. The number of hydrogen-bond donors (Lipinski definition) is 0. The lowest BCUT2D eigenvalue weighted by molar-refractivity contribution is 0.267. The van der Waals surface area contributed by atoms with Gasteiger partial charge in [0.15, 0.2) is 0 Å². The zero-order valence-electron chi connectivity index (χ0n) is 12.5. The average molecular weight is 288 g/mol. The third-order valence-electron chi connectivity index (χ3n) is 4.29. The quantitative estimate of drug-likeness (QED) is 0.860. The van der Waals surface area contributed by atoms with Crippen LogP contribution in [0.25, 0.3) is 11.5 Å². The molecule has 1 aliphatic carbocycles. The Kier molecular flexibility index (Phi) is 4.13. The highest BCUT2D eigenvalue weighted by molar-refractivity contribution is 5.47. The van der Waals surface area contributed by atoms with Crippen molar-refractivity contribution in [1.29, 1.82) is 0 Å². The van der Waals surface area contributed by atoms with Crippen molar-refractivity contribution in [2.45, 2.75) is 44.9 Å². The molecule has 0 amide bonds. The maximum atomic E-state index is 5.42. The maximum absolute atomic E-state index is 5.42. The largest absolute Gasteiger partial charge is 0.480 e. The van der Waals surface area contributed by atoms with E-state index in [9.17, 15) is 0 Å². The predicted molar refractivity (Wildman–Crippen MR) is 76.9 cm³/mol. The van der Waals surface area contributed by atoms with Crippen LogP contribution in [0.4, 0.5) is 0 Å². The average Bonchev–Trinajstić information content (AvgIpc) is 3.05. The van der Waals surface area contributed by atoms with Gasteiger partial charge in [0, 0.05) is 12.0 Å². The molecule has 0 aromatic carbocycles. The Balaban J connectivity index is 1.71. The Morgan fingerprint density at radius 2 is 2.00 bits per heavy atom. The van der Waals surface area contributed by atoms with E-state index >= 15 is 0 Å². The van der Waals surface area contributed by atoms with E-state index in [1.807, 2.05) is 0 Å². The minimum atomic E-state index is 0.389. The summed E-state index contributed by atoms with van der Waals surface area (Å²) in [6.45, 7) is 2.26. The predicted octanol–water partition coefficient (Wildman–Crippen LogP) is 3.22. The van der Waals surface area contributed by atoms with Gasteiger partial charge in [-0.1, -0.05) is 18.5 Å². The Hall–Kier alpha value is -1.98. The van der Waals surface area contributed by atoms with Crippen LogP contribution in [0.5, 0.6) is 5.88 Å². The first kappa shape index (κ1) is 14.0. The number of hydrogen-bond acceptors (Lipinski definition) is 6. The first-order chi connectivity index (χ1) is 10.3. The standard InChI is InChI=1S/C15H20N4O2/c1-3-10-4-6-11(7-5-10)15-16-14(19-21-15)12-8-9-13(20-2)18-17-12/h8-11H,3-7H2,1-2H3. The van der Waals surface area contributed by atoms with E-state index < -0.39 is 0 Å². The molecule has 2 aromatic rings. The van der Waals surface area contributed by atoms with Crippen molar-refractivity contribution in [3.8, 4) is 17.4 Å². The molecule has 3 rings (SSSR count). The second kappa shape index (κ2) is 6.20.